The van der Waals surface area contributed by atoms with E-state index in [-0.39, 0.29) is 0 Å². The Morgan fingerprint density at radius 2 is 2.05 bits per heavy atom. The first-order valence-corrected chi connectivity index (χ1v) is 8.74. The van der Waals surface area contributed by atoms with Gasteiger partial charge < -0.3 is 5.73 Å². The number of piperidine rings is 1. The largest absolute Gasteiger partial charge is 0.329 e. The third-order valence-corrected chi connectivity index (χ3v) is 5.35. The molecule has 0 spiro atoms. The fraction of sp³-hybridized carbons (Fsp3) is 0.824. The molecule has 2 unspecified atom stereocenters. The quantitative estimate of drug-likeness (QED) is 0.927. The van der Waals surface area contributed by atoms with Gasteiger partial charge in [-0.1, -0.05) is 26.2 Å². The first-order valence-electron chi connectivity index (χ1n) is 8.74. The van der Waals surface area contributed by atoms with Crippen LogP contribution in [0.1, 0.15) is 63.6 Å². The first kappa shape index (κ1) is 15.0. The number of rotatable bonds is 4. The molecule has 2 aliphatic rings. The van der Waals surface area contributed by atoms with Gasteiger partial charge >= 0.3 is 0 Å². The summed E-state index contributed by atoms with van der Waals surface area (Å²) in [5.41, 5.74) is 7.18. The number of nitrogens with zero attached hydrogens (tertiary/aromatic N) is 3. The second-order valence-corrected chi connectivity index (χ2v) is 7.07. The molecule has 0 bridgehead atoms. The van der Waals surface area contributed by atoms with Crippen molar-refractivity contribution < 1.29 is 0 Å². The number of hydrogen-bond acceptors (Lipinski definition) is 3. The summed E-state index contributed by atoms with van der Waals surface area (Å²) in [5.74, 6) is 0.814. The van der Waals surface area contributed by atoms with E-state index in [1.165, 1.54) is 57.2 Å². The fourth-order valence-corrected chi connectivity index (χ4v) is 3.97. The van der Waals surface area contributed by atoms with Gasteiger partial charge in [0.05, 0.1) is 11.7 Å². The summed E-state index contributed by atoms with van der Waals surface area (Å²) in [6, 6.07) is 3.38. The van der Waals surface area contributed by atoms with E-state index in [2.05, 4.69) is 28.8 Å². The van der Waals surface area contributed by atoms with Crippen LogP contribution in [0.5, 0.6) is 0 Å². The number of aromatic nitrogens is 2. The van der Waals surface area contributed by atoms with Gasteiger partial charge in [0.25, 0.3) is 0 Å². The summed E-state index contributed by atoms with van der Waals surface area (Å²) in [5, 5.41) is 4.85. The summed E-state index contributed by atoms with van der Waals surface area (Å²) in [6.45, 7) is 5.25. The molecule has 2 N–H and O–H groups in total. The van der Waals surface area contributed by atoms with E-state index in [4.69, 9.17) is 10.8 Å². The molecule has 3 rings (SSSR count). The SMILES string of the molecule is CC1CCN(Cc2ccn(C3CCCCC3)n2)C(CN)C1. The van der Waals surface area contributed by atoms with Crippen LogP contribution >= 0.6 is 0 Å². The molecule has 1 aromatic heterocycles. The van der Waals surface area contributed by atoms with Crippen LogP contribution in [-0.4, -0.2) is 33.8 Å². The summed E-state index contributed by atoms with van der Waals surface area (Å²) in [7, 11) is 0. The lowest BCUT2D eigenvalue weighted by molar-refractivity contribution is 0.113. The molecule has 4 heteroatoms. The molecule has 0 amide bonds. The van der Waals surface area contributed by atoms with Crippen LogP contribution in [0.3, 0.4) is 0 Å². The predicted octanol–water partition coefficient (Wildman–Crippen LogP) is 2.95. The second-order valence-electron chi connectivity index (χ2n) is 7.07. The molecule has 118 valence electrons. The highest BCUT2D eigenvalue weighted by atomic mass is 15.3. The molecule has 1 aliphatic carbocycles. The van der Waals surface area contributed by atoms with Gasteiger partial charge in [-0.2, -0.15) is 5.10 Å². The summed E-state index contributed by atoms with van der Waals surface area (Å²) in [6.07, 6.45) is 11.4. The maximum absolute atomic E-state index is 5.96. The van der Waals surface area contributed by atoms with Crippen molar-refractivity contribution in [2.75, 3.05) is 13.1 Å². The molecule has 2 atom stereocenters. The Labute approximate surface area is 128 Å². The van der Waals surface area contributed by atoms with Gasteiger partial charge in [0.2, 0.25) is 0 Å². The van der Waals surface area contributed by atoms with Crippen LogP contribution in [0, 0.1) is 5.92 Å². The highest BCUT2D eigenvalue weighted by Crippen LogP contribution is 2.28. The van der Waals surface area contributed by atoms with Crippen LogP contribution in [0.2, 0.25) is 0 Å². The topological polar surface area (TPSA) is 47.1 Å². The maximum atomic E-state index is 5.96. The third-order valence-electron chi connectivity index (χ3n) is 5.35. The molecule has 1 aromatic rings. The van der Waals surface area contributed by atoms with Gasteiger partial charge in [-0.15, -0.1) is 0 Å². The Morgan fingerprint density at radius 3 is 2.81 bits per heavy atom. The molecular formula is C17H30N4. The lowest BCUT2D eigenvalue weighted by Gasteiger charge is -2.37. The molecule has 1 saturated heterocycles. The van der Waals surface area contributed by atoms with E-state index in [1.807, 2.05) is 0 Å². The van der Waals surface area contributed by atoms with E-state index >= 15 is 0 Å². The summed E-state index contributed by atoms with van der Waals surface area (Å²) < 4.78 is 2.22. The number of likely N-dealkylation sites (tertiary alicyclic amines) is 1. The average molecular weight is 290 g/mol. The summed E-state index contributed by atoms with van der Waals surface area (Å²) >= 11 is 0. The molecule has 0 radical (unpaired) electrons. The third kappa shape index (κ3) is 3.67. The van der Waals surface area contributed by atoms with Crippen LogP contribution in [0.4, 0.5) is 0 Å². The van der Waals surface area contributed by atoms with Crippen molar-refractivity contribution in [2.24, 2.45) is 11.7 Å². The average Bonchev–Trinajstić information content (AvgIpc) is 2.98. The lowest BCUT2D eigenvalue weighted by Crippen LogP contribution is -2.45. The zero-order valence-corrected chi connectivity index (χ0v) is 13.4. The molecule has 4 nitrogen and oxygen atoms in total. The fourth-order valence-electron chi connectivity index (χ4n) is 3.97. The highest BCUT2D eigenvalue weighted by molar-refractivity contribution is 5.01. The van der Waals surface area contributed by atoms with Crippen molar-refractivity contribution in [1.29, 1.82) is 0 Å². The van der Waals surface area contributed by atoms with Gasteiger partial charge in [0.1, 0.15) is 0 Å². The number of nitrogens with two attached hydrogens (primary N) is 1. The van der Waals surface area contributed by atoms with E-state index in [0.717, 1.165) is 19.0 Å². The molecule has 1 aliphatic heterocycles. The van der Waals surface area contributed by atoms with Crippen LogP contribution in [0.25, 0.3) is 0 Å². The van der Waals surface area contributed by atoms with E-state index < -0.39 is 0 Å². The minimum Gasteiger partial charge on any atom is -0.329 e. The van der Waals surface area contributed by atoms with E-state index in [1.54, 1.807) is 0 Å². The monoisotopic (exact) mass is 290 g/mol. The lowest BCUT2D eigenvalue weighted by atomic mass is 9.92. The van der Waals surface area contributed by atoms with Gasteiger partial charge in [0.15, 0.2) is 0 Å². The normalized spacial score (nSPS) is 28.9. The molecular weight excluding hydrogens is 260 g/mol. The zero-order chi connectivity index (χ0) is 14.7. The van der Waals surface area contributed by atoms with Crippen LogP contribution in [-0.2, 0) is 6.54 Å². The Morgan fingerprint density at radius 1 is 1.24 bits per heavy atom. The van der Waals surface area contributed by atoms with Crippen LogP contribution < -0.4 is 5.73 Å². The molecule has 0 aromatic carbocycles. The first-order chi connectivity index (χ1) is 10.3. The molecule has 2 heterocycles. The van der Waals surface area contributed by atoms with Crippen molar-refractivity contribution in [3.05, 3.63) is 18.0 Å². The maximum Gasteiger partial charge on any atom is 0.0765 e. The summed E-state index contributed by atoms with van der Waals surface area (Å²) in [4.78, 5) is 2.54. The molecule has 1 saturated carbocycles. The van der Waals surface area contributed by atoms with Crippen molar-refractivity contribution >= 4 is 0 Å². The van der Waals surface area contributed by atoms with Crippen molar-refractivity contribution in [1.82, 2.24) is 14.7 Å². The standard InChI is InChI=1S/C17H30N4/c1-14-7-9-20(17(11-14)12-18)13-15-8-10-21(19-15)16-5-3-2-4-6-16/h8,10,14,16-17H,2-7,9,11-13,18H2,1H3. The minimum absolute atomic E-state index is 0.536. The van der Waals surface area contributed by atoms with Gasteiger partial charge in [-0.25, -0.2) is 0 Å². The van der Waals surface area contributed by atoms with Crippen molar-refractivity contribution in [3.63, 3.8) is 0 Å². The predicted molar refractivity (Wildman–Crippen MR) is 86.0 cm³/mol. The van der Waals surface area contributed by atoms with Gasteiger partial charge in [0, 0.05) is 25.3 Å². The van der Waals surface area contributed by atoms with Gasteiger partial charge in [-0.05, 0) is 44.2 Å². The van der Waals surface area contributed by atoms with Gasteiger partial charge in [-0.3, -0.25) is 9.58 Å². The Bertz CT molecular complexity index is 436. The second kappa shape index (κ2) is 6.93. The Hall–Kier alpha value is -0.870. The Balaban J connectivity index is 1.61. The number of hydrogen-bond donors (Lipinski definition) is 1. The zero-order valence-electron chi connectivity index (χ0n) is 13.4. The van der Waals surface area contributed by atoms with E-state index in [9.17, 15) is 0 Å². The minimum atomic E-state index is 0.536. The highest BCUT2D eigenvalue weighted by Gasteiger charge is 2.26. The Kier molecular flexibility index (Phi) is 4.96. The van der Waals surface area contributed by atoms with Crippen molar-refractivity contribution in [2.45, 2.75) is 70.5 Å². The molecule has 2 fully saturated rings. The van der Waals surface area contributed by atoms with Crippen molar-refractivity contribution in [3.8, 4) is 0 Å². The van der Waals surface area contributed by atoms with E-state index in [0.29, 0.717) is 12.1 Å². The van der Waals surface area contributed by atoms with Crippen LogP contribution in [0.15, 0.2) is 12.3 Å². The smallest absolute Gasteiger partial charge is 0.0765 e. The molecule has 21 heavy (non-hydrogen) atoms.